The minimum Gasteiger partial charge on any atom is -0.477 e. The van der Waals surface area contributed by atoms with E-state index in [1.54, 1.807) is 7.05 Å². The van der Waals surface area contributed by atoms with Crippen molar-refractivity contribution in [3.05, 3.63) is 28.3 Å². The number of piperidine rings is 1. The van der Waals surface area contributed by atoms with Gasteiger partial charge < -0.3 is 14.1 Å². The van der Waals surface area contributed by atoms with Crippen LogP contribution < -0.4 is 10.2 Å². The lowest BCUT2D eigenvalue weighted by molar-refractivity contribution is -0.133. The maximum Gasteiger partial charge on any atom is 0.260 e. The molecule has 2 fully saturated rings. The van der Waals surface area contributed by atoms with E-state index in [1.807, 2.05) is 0 Å². The number of nitrogens with zero attached hydrogens (tertiary/aromatic N) is 2. The number of sulfone groups is 1. The van der Waals surface area contributed by atoms with E-state index >= 15 is 0 Å². The van der Waals surface area contributed by atoms with Gasteiger partial charge in [-0.25, -0.2) is 8.42 Å². The number of hydrogen-bond acceptors (Lipinski definition) is 7. The molecule has 2 aliphatic rings. The normalized spacial score (nSPS) is 22.5. The van der Waals surface area contributed by atoms with E-state index in [9.17, 15) is 18.0 Å². The molecule has 0 radical (unpaired) electrons. The Bertz CT molecular complexity index is 828. The fourth-order valence-electron chi connectivity index (χ4n) is 3.49. The first kappa shape index (κ1) is 19.9. The molecule has 3 rings (SSSR count). The zero-order valence-corrected chi connectivity index (χ0v) is 16.4. The molecule has 0 N–H and O–H groups in total. The van der Waals surface area contributed by atoms with Gasteiger partial charge in [0.15, 0.2) is 16.4 Å². The second-order valence-corrected chi connectivity index (χ2v) is 9.49. The van der Waals surface area contributed by atoms with Crippen molar-refractivity contribution in [2.75, 3.05) is 38.2 Å². The lowest BCUT2D eigenvalue weighted by Crippen LogP contribution is -2.40. The van der Waals surface area contributed by atoms with Crippen molar-refractivity contribution in [3.63, 3.8) is 0 Å². The maximum atomic E-state index is 12.2. The molecular formula is C18H26N2O6S. The highest BCUT2D eigenvalue weighted by Crippen LogP contribution is 2.17. The molecule has 9 heteroatoms. The molecule has 1 atom stereocenters. The van der Waals surface area contributed by atoms with Gasteiger partial charge >= 0.3 is 0 Å². The molecule has 0 bridgehead atoms. The molecule has 0 aliphatic carbocycles. The Morgan fingerprint density at radius 3 is 2.70 bits per heavy atom. The minimum atomic E-state index is -3.07. The van der Waals surface area contributed by atoms with Crippen LogP contribution in [-0.2, 0) is 21.2 Å². The topological polar surface area (TPSA) is 97.1 Å². The van der Waals surface area contributed by atoms with Crippen LogP contribution in [0.3, 0.4) is 0 Å². The number of ether oxygens (including phenoxy) is 1. The SMILES string of the molecule is CN(C(=O)COc1coc(CN2CCCCC2)cc1=O)C1CCS(=O)(=O)C1. The summed E-state index contributed by atoms with van der Waals surface area (Å²) in [6.07, 6.45) is 5.22. The lowest BCUT2D eigenvalue weighted by atomic mass is 10.1. The summed E-state index contributed by atoms with van der Waals surface area (Å²) in [6, 6.07) is 1.07. The van der Waals surface area contributed by atoms with Crippen LogP contribution in [0.1, 0.15) is 31.4 Å². The zero-order valence-electron chi connectivity index (χ0n) is 15.6. The number of rotatable bonds is 6. The number of amides is 1. The molecule has 2 saturated heterocycles. The van der Waals surface area contributed by atoms with Crippen molar-refractivity contribution in [1.82, 2.24) is 9.80 Å². The molecule has 8 nitrogen and oxygen atoms in total. The summed E-state index contributed by atoms with van der Waals surface area (Å²) in [4.78, 5) is 28.1. The van der Waals surface area contributed by atoms with Crippen LogP contribution >= 0.6 is 0 Å². The lowest BCUT2D eigenvalue weighted by Gasteiger charge is -2.25. The molecule has 0 aromatic carbocycles. The summed E-state index contributed by atoms with van der Waals surface area (Å²) in [6.45, 7) is 2.26. The number of likely N-dealkylation sites (N-methyl/N-ethyl adjacent to an activating group) is 1. The first-order valence-corrected chi connectivity index (χ1v) is 11.1. The van der Waals surface area contributed by atoms with Gasteiger partial charge in [-0.3, -0.25) is 14.5 Å². The number of carbonyl (C=O) groups excluding carboxylic acids is 1. The van der Waals surface area contributed by atoms with Crippen molar-refractivity contribution in [3.8, 4) is 5.75 Å². The molecule has 0 saturated carbocycles. The van der Waals surface area contributed by atoms with E-state index in [2.05, 4.69) is 4.90 Å². The summed E-state index contributed by atoms with van der Waals surface area (Å²) in [5, 5.41) is 0. The molecule has 1 amide bonds. The standard InChI is InChI=1S/C18H26N2O6S/c1-19(14-5-8-27(23,24)13-14)18(22)12-26-17-11-25-15(9-16(17)21)10-20-6-3-2-4-7-20/h9,11,14H,2-8,10,12-13H2,1H3. The smallest absolute Gasteiger partial charge is 0.260 e. The first-order valence-electron chi connectivity index (χ1n) is 9.27. The Kier molecular flexibility index (Phi) is 6.21. The van der Waals surface area contributed by atoms with Gasteiger partial charge in [-0.15, -0.1) is 0 Å². The molecule has 0 spiro atoms. The summed E-state index contributed by atoms with van der Waals surface area (Å²) >= 11 is 0. The van der Waals surface area contributed by atoms with Crippen LogP contribution in [0, 0.1) is 0 Å². The fourth-order valence-corrected chi connectivity index (χ4v) is 5.26. The first-order chi connectivity index (χ1) is 12.8. The van der Waals surface area contributed by atoms with Gasteiger partial charge in [-0.1, -0.05) is 6.42 Å². The molecule has 27 heavy (non-hydrogen) atoms. The highest BCUT2D eigenvalue weighted by molar-refractivity contribution is 7.91. The van der Waals surface area contributed by atoms with Crippen molar-refractivity contribution in [2.24, 2.45) is 0 Å². The van der Waals surface area contributed by atoms with Gasteiger partial charge in [-0.05, 0) is 32.4 Å². The average molecular weight is 398 g/mol. The van der Waals surface area contributed by atoms with Gasteiger partial charge in [0.2, 0.25) is 11.2 Å². The second-order valence-electron chi connectivity index (χ2n) is 7.26. The molecular weight excluding hydrogens is 372 g/mol. The van der Waals surface area contributed by atoms with Crippen LogP contribution in [0.4, 0.5) is 0 Å². The van der Waals surface area contributed by atoms with E-state index in [0.29, 0.717) is 18.7 Å². The Labute approximate surface area is 159 Å². The van der Waals surface area contributed by atoms with Gasteiger partial charge in [0.25, 0.3) is 5.91 Å². The Balaban J connectivity index is 1.53. The Morgan fingerprint density at radius 1 is 1.33 bits per heavy atom. The average Bonchev–Trinajstić information content (AvgIpc) is 3.01. The largest absolute Gasteiger partial charge is 0.477 e. The van der Waals surface area contributed by atoms with Crippen molar-refractivity contribution in [2.45, 2.75) is 38.3 Å². The molecule has 3 heterocycles. The van der Waals surface area contributed by atoms with E-state index < -0.39 is 9.84 Å². The van der Waals surface area contributed by atoms with Gasteiger partial charge in [0, 0.05) is 19.2 Å². The monoisotopic (exact) mass is 398 g/mol. The minimum absolute atomic E-state index is 0.0156. The van der Waals surface area contributed by atoms with Crippen LogP contribution in [0.2, 0.25) is 0 Å². The summed E-state index contributed by atoms with van der Waals surface area (Å²) < 4.78 is 33.9. The second kappa shape index (κ2) is 8.43. The summed E-state index contributed by atoms with van der Waals surface area (Å²) in [7, 11) is -1.51. The molecule has 1 aromatic rings. The van der Waals surface area contributed by atoms with Crippen molar-refractivity contribution >= 4 is 15.7 Å². The van der Waals surface area contributed by atoms with Crippen LogP contribution in [0.25, 0.3) is 0 Å². The third-order valence-electron chi connectivity index (χ3n) is 5.18. The quantitative estimate of drug-likeness (QED) is 0.694. The molecule has 2 aliphatic heterocycles. The number of hydrogen-bond donors (Lipinski definition) is 0. The van der Waals surface area contributed by atoms with Gasteiger partial charge in [0.05, 0.1) is 18.1 Å². The van der Waals surface area contributed by atoms with E-state index in [1.165, 1.54) is 23.7 Å². The van der Waals surface area contributed by atoms with E-state index in [0.717, 1.165) is 25.9 Å². The third kappa shape index (κ3) is 5.32. The summed E-state index contributed by atoms with van der Waals surface area (Å²) in [5.41, 5.74) is -0.327. The van der Waals surface area contributed by atoms with Crippen molar-refractivity contribution in [1.29, 1.82) is 0 Å². The highest BCUT2D eigenvalue weighted by atomic mass is 32.2. The Morgan fingerprint density at radius 2 is 2.07 bits per heavy atom. The maximum absolute atomic E-state index is 12.2. The fraction of sp³-hybridized carbons (Fsp3) is 0.667. The predicted octanol–water partition coefficient (Wildman–Crippen LogP) is 0.650. The van der Waals surface area contributed by atoms with Gasteiger partial charge in [0.1, 0.15) is 12.0 Å². The third-order valence-corrected chi connectivity index (χ3v) is 6.93. The predicted molar refractivity (Wildman–Crippen MR) is 99.4 cm³/mol. The Hall–Kier alpha value is -1.87. The van der Waals surface area contributed by atoms with Crippen LogP contribution in [0.15, 0.2) is 21.5 Å². The zero-order chi connectivity index (χ0) is 19.4. The molecule has 1 aromatic heterocycles. The van der Waals surface area contributed by atoms with Crippen LogP contribution in [-0.4, -0.2) is 68.4 Å². The summed E-state index contributed by atoms with van der Waals surface area (Å²) in [5.74, 6) is 0.266. The number of likely N-dealkylation sites (tertiary alicyclic amines) is 1. The highest BCUT2D eigenvalue weighted by Gasteiger charge is 2.32. The van der Waals surface area contributed by atoms with Gasteiger partial charge in [-0.2, -0.15) is 0 Å². The molecule has 150 valence electrons. The van der Waals surface area contributed by atoms with E-state index in [-0.39, 0.29) is 41.2 Å². The van der Waals surface area contributed by atoms with Crippen molar-refractivity contribution < 1.29 is 22.4 Å². The number of carbonyl (C=O) groups is 1. The van der Waals surface area contributed by atoms with E-state index in [4.69, 9.17) is 9.15 Å². The molecule has 1 unspecified atom stereocenters. The van der Waals surface area contributed by atoms with Crippen LogP contribution in [0.5, 0.6) is 5.75 Å².